The van der Waals surface area contributed by atoms with Crippen LogP contribution in [0.3, 0.4) is 0 Å². The Labute approximate surface area is 188 Å². The Balaban J connectivity index is 1.60. The molecule has 0 spiro atoms. The van der Waals surface area contributed by atoms with E-state index in [1.165, 1.54) is 12.1 Å². The Morgan fingerprint density at radius 2 is 1.59 bits per heavy atom. The number of carbonyl (C=O) groups is 1. The van der Waals surface area contributed by atoms with Crippen molar-refractivity contribution >= 4 is 17.6 Å². The molecule has 5 atom stereocenters. The maximum Gasteiger partial charge on any atom is 0.338 e. The molecular weight excluding hydrogens is 439 g/mol. The molecule has 6 nitrogen and oxygen atoms in total. The monoisotopic (exact) mass is 458 g/mol. The summed E-state index contributed by atoms with van der Waals surface area (Å²) in [5, 5.41) is 29.8. The van der Waals surface area contributed by atoms with Crippen LogP contribution in [0.15, 0.2) is 72.8 Å². The predicted molar refractivity (Wildman–Crippen MR) is 114 cm³/mol. The summed E-state index contributed by atoms with van der Waals surface area (Å²) in [6, 6.07) is 20.0. The number of aliphatic hydroxyl groups excluding tert-OH is 3. The minimum Gasteiger partial charge on any atom is -0.451 e. The van der Waals surface area contributed by atoms with E-state index in [9.17, 15) is 24.5 Å². The number of ether oxygens (including phenoxy) is 2. The molecule has 3 aromatic rings. The predicted octanol–water partition coefficient (Wildman–Crippen LogP) is 3.48. The molecule has 0 saturated carbocycles. The topological polar surface area (TPSA) is 96.2 Å². The molecule has 0 bridgehead atoms. The van der Waals surface area contributed by atoms with Gasteiger partial charge in [0.25, 0.3) is 0 Å². The van der Waals surface area contributed by atoms with Crippen LogP contribution in [0.2, 0.25) is 5.02 Å². The first-order valence-electron chi connectivity index (χ1n) is 9.86. The van der Waals surface area contributed by atoms with E-state index >= 15 is 0 Å². The lowest BCUT2D eigenvalue weighted by Gasteiger charge is -2.26. The van der Waals surface area contributed by atoms with Gasteiger partial charge in [0, 0.05) is 0 Å². The second-order valence-corrected chi connectivity index (χ2v) is 7.82. The van der Waals surface area contributed by atoms with Gasteiger partial charge >= 0.3 is 5.97 Å². The lowest BCUT2D eigenvalue weighted by Crippen LogP contribution is -2.36. The molecule has 3 N–H and O–H groups in total. The van der Waals surface area contributed by atoms with E-state index in [1.807, 2.05) is 30.3 Å². The van der Waals surface area contributed by atoms with Gasteiger partial charge in [0.05, 0.1) is 10.6 Å². The highest BCUT2D eigenvalue weighted by atomic mass is 35.5. The van der Waals surface area contributed by atoms with Gasteiger partial charge in [0.2, 0.25) is 0 Å². The standard InChI is InChI=1S/C24H20ClFO6/c25-17-11-10-16(12-18(17)26)21(22-19(27)20(28)24(30)32-22)31-23(29)15-8-6-14(7-9-15)13-4-2-1-3-5-13/h1-12,19-22,24,27-28,30H/t19-,20+,21-,22-,24-/m0/s1. The molecule has 8 heteroatoms. The van der Waals surface area contributed by atoms with Crippen LogP contribution >= 0.6 is 11.6 Å². The summed E-state index contributed by atoms with van der Waals surface area (Å²) < 4.78 is 24.8. The van der Waals surface area contributed by atoms with Crippen molar-refractivity contribution in [3.8, 4) is 11.1 Å². The zero-order valence-corrected chi connectivity index (χ0v) is 17.4. The lowest BCUT2D eigenvalue weighted by atomic mass is 9.98. The van der Waals surface area contributed by atoms with Gasteiger partial charge in [0.15, 0.2) is 12.4 Å². The zero-order valence-electron chi connectivity index (χ0n) is 16.6. The molecule has 32 heavy (non-hydrogen) atoms. The highest BCUT2D eigenvalue weighted by Crippen LogP contribution is 2.35. The quantitative estimate of drug-likeness (QED) is 0.507. The Morgan fingerprint density at radius 1 is 0.938 bits per heavy atom. The summed E-state index contributed by atoms with van der Waals surface area (Å²) >= 11 is 5.74. The summed E-state index contributed by atoms with van der Waals surface area (Å²) in [5.74, 6) is -1.51. The first kappa shape index (κ1) is 22.4. The van der Waals surface area contributed by atoms with Crippen molar-refractivity contribution in [2.75, 3.05) is 0 Å². The van der Waals surface area contributed by atoms with Gasteiger partial charge < -0.3 is 24.8 Å². The molecule has 0 unspecified atom stereocenters. The van der Waals surface area contributed by atoms with Crippen molar-refractivity contribution in [2.24, 2.45) is 0 Å². The summed E-state index contributed by atoms with van der Waals surface area (Å²) in [7, 11) is 0. The van der Waals surface area contributed by atoms with Gasteiger partial charge in [-0.15, -0.1) is 0 Å². The first-order valence-corrected chi connectivity index (χ1v) is 10.2. The minimum atomic E-state index is -1.68. The van der Waals surface area contributed by atoms with E-state index in [4.69, 9.17) is 21.1 Å². The van der Waals surface area contributed by atoms with Crippen LogP contribution < -0.4 is 0 Å². The average Bonchev–Trinajstić information content (AvgIpc) is 3.07. The largest absolute Gasteiger partial charge is 0.451 e. The first-order chi connectivity index (χ1) is 15.3. The molecule has 1 aliphatic rings. The molecule has 0 radical (unpaired) electrons. The van der Waals surface area contributed by atoms with Gasteiger partial charge in [0.1, 0.15) is 24.1 Å². The fourth-order valence-electron chi connectivity index (χ4n) is 3.56. The SMILES string of the molecule is O=C(O[C@@H](c1ccc(Cl)c(F)c1)[C@H]1O[C@H](O)[C@H](O)[C@@H]1O)c1ccc(-c2ccccc2)cc1. The molecule has 0 aromatic heterocycles. The van der Waals surface area contributed by atoms with Crippen LogP contribution in [0, 0.1) is 5.82 Å². The molecule has 1 fully saturated rings. The Kier molecular flexibility index (Phi) is 6.55. The number of esters is 1. The van der Waals surface area contributed by atoms with Crippen molar-refractivity contribution < 1.29 is 34.0 Å². The van der Waals surface area contributed by atoms with E-state index in [0.29, 0.717) is 0 Å². The zero-order chi connectivity index (χ0) is 22.8. The van der Waals surface area contributed by atoms with Crippen molar-refractivity contribution in [3.63, 3.8) is 0 Å². The smallest absolute Gasteiger partial charge is 0.338 e. The van der Waals surface area contributed by atoms with Crippen LogP contribution in [0.1, 0.15) is 22.0 Å². The Bertz CT molecular complexity index is 1090. The Hall–Kier alpha value is -2.81. The van der Waals surface area contributed by atoms with E-state index in [1.54, 1.807) is 24.3 Å². The number of benzene rings is 3. The Morgan fingerprint density at radius 3 is 2.19 bits per heavy atom. The fraction of sp³-hybridized carbons (Fsp3) is 0.208. The normalized spacial score (nSPS) is 23.7. The van der Waals surface area contributed by atoms with E-state index in [2.05, 4.69) is 0 Å². The highest BCUT2D eigenvalue weighted by molar-refractivity contribution is 6.30. The van der Waals surface area contributed by atoms with E-state index in [-0.39, 0.29) is 16.1 Å². The number of hydrogen-bond donors (Lipinski definition) is 3. The summed E-state index contributed by atoms with van der Waals surface area (Å²) in [6.45, 7) is 0. The maximum atomic E-state index is 14.1. The van der Waals surface area contributed by atoms with E-state index < -0.39 is 42.5 Å². The molecule has 1 saturated heterocycles. The van der Waals surface area contributed by atoms with Gasteiger partial charge in [-0.3, -0.25) is 0 Å². The molecule has 166 valence electrons. The molecule has 0 aliphatic carbocycles. The minimum absolute atomic E-state index is 0.136. The van der Waals surface area contributed by atoms with Gasteiger partial charge in [-0.1, -0.05) is 60.1 Å². The van der Waals surface area contributed by atoms with Gasteiger partial charge in [-0.25, -0.2) is 9.18 Å². The number of carbonyl (C=O) groups excluding carboxylic acids is 1. The maximum absolute atomic E-state index is 14.1. The molecule has 1 aliphatic heterocycles. The summed E-state index contributed by atoms with van der Waals surface area (Å²) in [6.07, 6.45) is -7.50. The number of halogens is 2. The van der Waals surface area contributed by atoms with Crippen molar-refractivity contribution in [3.05, 3.63) is 94.8 Å². The molecule has 0 amide bonds. The number of hydrogen-bond acceptors (Lipinski definition) is 6. The van der Waals surface area contributed by atoms with Gasteiger partial charge in [-0.2, -0.15) is 0 Å². The average molecular weight is 459 g/mol. The second-order valence-electron chi connectivity index (χ2n) is 7.42. The third-order valence-electron chi connectivity index (χ3n) is 5.31. The number of rotatable bonds is 5. The van der Waals surface area contributed by atoms with Gasteiger partial charge in [-0.05, 0) is 41.0 Å². The van der Waals surface area contributed by atoms with Crippen LogP contribution in [0.25, 0.3) is 11.1 Å². The summed E-state index contributed by atoms with van der Waals surface area (Å²) in [4.78, 5) is 12.9. The number of aliphatic hydroxyl groups is 3. The highest BCUT2D eigenvalue weighted by Gasteiger charge is 2.47. The fourth-order valence-corrected chi connectivity index (χ4v) is 3.68. The lowest BCUT2D eigenvalue weighted by molar-refractivity contribution is -0.148. The molecule has 3 aromatic carbocycles. The third kappa shape index (κ3) is 4.53. The molecule has 4 rings (SSSR count). The van der Waals surface area contributed by atoms with Crippen molar-refractivity contribution in [1.29, 1.82) is 0 Å². The second kappa shape index (κ2) is 9.36. The molecule has 1 heterocycles. The van der Waals surface area contributed by atoms with Crippen molar-refractivity contribution in [2.45, 2.75) is 30.7 Å². The van der Waals surface area contributed by atoms with Crippen LogP contribution in [-0.2, 0) is 9.47 Å². The third-order valence-corrected chi connectivity index (χ3v) is 5.61. The molecular formula is C24H20ClFO6. The van der Waals surface area contributed by atoms with Crippen LogP contribution in [-0.4, -0.2) is 45.9 Å². The van der Waals surface area contributed by atoms with Crippen molar-refractivity contribution in [1.82, 2.24) is 0 Å². The summed E-state index contributed by atoms with van der Waals surface area (Å²) in [5.41, 5.74) is 2.25. The van der Waals surface area contributed by atoms with Crippen LogP contribution in [0.5, 0.6) is 0 Å². The van der Waals surface area contributed by atoms with Crippen LogP contribution in [0.4, 0.5) is 4.39 Å². The van der Waals surface area contributed by atoms with E-state index in [0.717, 1.165) is 17.2 Å².